The number of carbonyl (C=O) groups is 2. The molecule has 182 valence electrons. The molecule has 2 atom stereocenters. The Hall–Kier alpha value is -3.14. The maximum absolute atomic E-state index is 13.6. The lowest BCUT2D eigenvalue weighted by Gasteiger charge is -2.40. The van der Waals surface area contributed by atoms with Gasteiger partial charge in [-0.3, -0.25) is 9.59 Å². The Morgan fingerprint density at radius 3 is 2.79 bits per heavy atom. The number of allylic oxidation sites excluding steroid dienone is 2. The number of aliphatic imine (C=N–C) groups is 1. The highest BCUT2D eigenvalue weighted by molar-refractivity contribution is 6.16. The number of Topliss-reactive ketones (excluding diaryl/α,β-unsaturated/α-hetero) is 2. The predicted octanol–water partition coefficient (Wildman–Crippen LogP) is 2.31. The summed E-state index contributed by atoms with van der Waals surface area (Å²) in [5.74, 6) is 5.40. The van der Waals surface area contributed by atoms with Gasteiger partial charge in [-0.25, -0.2) is 9.98 Å². The van der Waals surface area contributed by atoms with Crippen LogP contribution in [0.4, 0.5) is 5.82 Å². The van der Waals surface area contributed by atoms with Crippen molar-refractivity contribution in [2.24, 2.45) is 27.1 Å². The maximum atomic E-state index is 13.6. The minimum Gasteiger partial charge on any atom is -0.476 e. The van der Waals surface area contributed by atoms with Crippen LogP contribution in [0.15, 0.2) is 27.4 Å². The summed E-state index contributed by atoms with van der Waals surface area (Å²) in [5, 5.41) is 3.39. The molecule has 1 aliphatic heterocycles. The number of nitrogens with two attached hydrogens (primary N) is 2. The van der Waals surface area contributed by atoms with E-state index in [-0.39, 0.29) is 29.1 Å². The Morgan fingerprint density at radius 2 is 2.06 bits per heavy atom. The van der Waals surface area contributed by atoms with Gasteiger partial charge >= 0.3 is 0 Å². The molecule has 1 aromatic heterocycles. The van der Waals surface area contributed by atoms with Crippen LogP contribution in [0.25, 0.3) is 0 Å². The molecule has 10 heteroatoms. The number of ether oxygens (including phenoxy) is 1. The number of hydrogen-bond donors (Lipinski definition) is 2. The summed E-state index contributed by atoms with van der Waals surface area (Å²) in [6, 6.07) is 1.87. The topological polar surface area (TPSA) is 149 Å². The fraction of sp³-hybridized carbons (Fsp3) is 0.583. The van der Waals surface area contributed by atoms with E-state index in [0.29, 0.717) is 49.6 Å². The van der Waals surface area contributed by atoms with Gasteiger partial charge in [0.2, 0.25) is 17.5 Å². The molecule has 4 rings (SSSR count). The lowest BCUT2D eigenvalue weighted by molar-refractivity contribution is -0.129. The quantitative estimate of drug-likeness (QED) is 0.268. The average Bonchev–Trinajstić information content (AvgIpc) is 3.25. The monoisotopic (exact) mass is 467 g/mol. The van der Waals surface area contributed by atoms with E-state index in [1.165, 1.54) is 12.4 Å². The molecule has 1 saturated heterocycles. The van der Waals surface area contributed by atoms with Crippen LogP contribution in [-0.4, -0.2) is 65.1 Å². The normalized spacial score (nSPS) is 26.3. The van der Waals surface area contributed by atoms with E-state index in [2.05, 4.69) is 32.0 Å². The van der Waals surface area contributed by atoms with Crippen LogP contribution in [-0.2, 0) is 4.79 Å². The molecule has 0 bridgehead atoms. The first-order chi connectivity index (χ1) is 16.4. The predicted molar refractivity (Wildman–Crippen MR) is 129 cm³/mol. The molecule has 0 aromatic carbocycles. The molecule has 1 aromatic rings. The van der Waals surface area contributed by atoms with E-state index in [0.717, 1.165) is 38.6 Å². The van der Waals surface area contributed by atoms with Crippen LogP contribution in [0.5, 0.6) is 5.88 Å². The van der Waals surface area contributed by atoms with Gasteiger partial charge in [-0.2, -0.15) is 10.1 Å². The zero-order valence-electron chi connectivity index (χ0n) is 19.7. The summed E-state index contributed by atoms with van der Waals surface area (Å²) < 4.78 is 5.96. The lowest BCUT2D eigenvalue weighted by Crippen LogP contribution is -2.42. The number of likely N-dealkylation sites (N-methyl/N-ethyl adjacent to an activating group) is 1. The van der Waals surface area contributed by atoms with E-state index < -0.39 is 5.41 Å². The number of nitrogens with zero attached hydrogens (tertiary/aromatic N) is 5. The second-order valence-corrected chi connectivity index (χ2v) is 9.34. The second-order valence-electron chi connectivity index (χ2n) is 9.34. The number of hydrazone groups is 1. The molecule has 10 nitrogen and oxygen atoms in total. The van der Waals surface area contributed by atoms with Crippen LogP contribution in [0, 0.1) is 5.41 Å². The van der Waals surface area contributed by atoms with Crippen LogP contribution >= 0.6 is 0 Å². The standard InChI is InChI=1S/C24H33N7O3/c1-31-13-5-6-16(31)15-34-20-14-19(27-11-12-28-26)29-23(30-20)21(33)17-7-4-10-24(22(17)25)9-3-2-8-18(24)32/h11-12,14,16H,2-10,13,15,25-26H2,1H3/b27-11+,28-12-/t16-,24+/m0/s1. The van der Waals surface area contributed by atoms with Gasteiger partial charge in [-0.15, -0.1) is 0 Å². The molecule has 1 spiro atoms. The Kier molecular flexibility index (Phi) is 7.35. The molecule has 2 fully saturated rings. The number of rotatable bonds is 7. The van der Waals surface area contributed by atoms with Gasteiger partial charge < -0.3 is 21.2 Å². The van der Waals surface area contributed by atoms with Gasteiger partial charge in [0.15, 0.2) is 5.82 Å². The molecular weight excluding hydrogens is 434 g/mol. The maximum Gasteiger partial charge on any atom is 0.228 e. The Balaban J connectivity index is 1.65. The zero-order chi connectivity index (χ0) is 24.1. The van der Waals surface area contributed by atoms with Crippen molar-refractivity contribution in [2.75, 3.05) is 20.2 Å². The third kappa shape index (κ3) is 4.86. The molecule has 2 heterocycles. The molecule has 34 heavy (non-hydrogen) atoms. The Bertz CT molecular complexity index is 1040. The average molecular weight is 468 g/mol. The van der Waals surface area contributed by atoms with Gasteiger partial charge in [0.25, 0.3) is 0 Å². The van der Waals surface area contributed by atoms with E-state index >= 15 is 0 Å². The van der Waals surface area contributed by atoms with E-state index in [1.54, 1.807) is 6.07 Å². The summed E-state index contributed by atoms with van der Waals surface area (Å²) in [7, 11) is 2.07. The van der Waals surface area contributed by atoms with Gasteiger partial charge in [0, 0.05) is 36.0 Å². The van der Waals surface area contributed by atoms with E-state index in [9.17, 15) is 9.59 Å². The van der Waals surface area contributed by atoms with Crippen molar-refractivity contribution in [3.8, 4) is 5.88 Å². The first-order valence-electron chi connectivity index (χ1n) is 12.0. The largest absolute Gasteiger partial charge is 0.476 e. The first kappa shape index (κ1) is 24.0. The Morgan fingerprint density at radius 1 is 1.24 bits per heavy atom. The molecule has 4 N–H and O–H groups in total. The summed E-state index contributed by atoms with van der Waals surface area (Å²) in [6.07, 6.45) is 9.82. The van der Waals surface area contributed by atoms with Crippen LogP contribution in [0.1, 0.15) is 68.4 Å². The molecule has 1 saturated carbocycles. The summed E-state index contributed by atoms with van der Waals surface area (Å²) in [4.78, 5) is 41.6. The SMILES string of the molecule is CN1CCC[C@H]1COc1cc(/N=C/C=N\N)nc(C(=O)C2=C(N)[C@]3(CCCCC3=O)CCC2)n1. The summed E-state index contributed by atoms with van der Waals surface area (Å²) >= 11 is 0. The van der Waals surface area contributed by atoms with Gasteiger partial charge in [-0.05, 0) is 58.5 Å². The van der Waals surface area contributed by atoms with Gasteiger partial charge in [0.05, 0.1) is 11.6 Å². The van der Waals surface area contributed by atoms with Crippen molar-refractivity contribution in [2.45, 2.75) is 63.8 Å². The Labute approximate surface area is 199 Å². The third-order valence-electron chi connectivity index (χ3n) is 7.28. The van der Waals surface area contributed by atoms with E-state index in [4.69, 9.17) is 16.3 Å². The fourth-order valence-corrected chi connectivity index (χ4v) is 5.31. The number of likely N-dealkylation sites (tertiary alicyclic amines) is 1. The summed E-state index contributed by atoms with van der Waals surface area (Å²) in [6.45, 7) is 1.49. The highest BCUT2D eigenvalue weighted by atomic mass is 16.5. The van der Waals surface area contributed by atoms with Crippen molar-refractivity contribution in [1.29, 1.82) is 0 Å². The lowest BCUT2D eigenvalue weighted by atomic mass is 9.64. The zero-order valence-corrected chi connectivity index (χ0v) is 19.7. The van der Waals surface area contributed by atoms with Crippen molar-refractivity contribution in [1.82, 2.24) is 14.9 Å². The number of carbonyl (C=O) groups excluding carboxylic acids is 2. The van der Waals surface area contributed by atoms with Crippen molar-refractivity contribution in [3.05, 3.63) is 23.2 Å². The minimum atomic E-state index is -0.721. The molecule has 0 unspecified atom stereocenters. The smallest absolute Gasteiger partial charge is 0.228 e. The summed E-state index contributed by atoms with van der Waals surface area (Å²) in [5.41, 5.74) is 6.65. The third-order valence-corrected chi connectivity index (χ3v) is 7.28. The molecule has 0 radical (unpaired) electrons. The highest BCUT2D eigenvalue weighted by Crippen LogP contribution is 2.47. The second kappa shape index (κ2) is 10.4. The number of hydrogen-bond acceptors (Lipinski definition) is 10. The molecule has 0 amide bonds. The molecule has 3 aliphatic rings. The van der Waals surface area contributed by atoms with Gasteiger partial charge in [0.1, 0.15) is 12.4 Å². The first-order valence-corrected chi connectivity index (χ1v) is 12.0. The van der Waals surface area contributed by atoms with Crippen molar-refractivity contribution >= 4 is 29.8 Å². The number of aromatic nitrogens is 2. The van der Waals surface area contributed by atoms with Crippen molar-refractivity contribution in [3.63, 3.8) is 0 Å². The van der Waals surface area contributed by atoms with Crippen molar-refractivity contribution < 1.29 is 14.3 Å². The van der Waals surface area contributed by atoms with Gasteiger partial charge in [-0.1, -0.05) is 6.42 Å². The highest BCUT2D eigenvalue weighted by Gasteiger charge is 2.46. The minimum absolute atomic E-state index is 0.0348. The van der Waals surface area contributed by atoms with Crippen LogP contribution < -0.4 is 16.3 Å². The molecule has 2 aliphatic carbocycles. The molecular formula is C24H33N7O3. The van der Waals surface area contributed by atoms with Crippen LogP contribution in [0.3, 0.4) is 0 Å². The number of ketones is 2. The van der Waals surface area contributed by atoms with E-state index in [1.807, 2.05) is 0 Å². The fourth-order valence-electron chi connectivity index (χ4n) is 5.31. The van der Waals surface area contributed by atoms with Crippen LogP contribution in [0.2, 0.25) is 0 Å².